The Morgan fingerprint density at radius 2 is 1.68 bits per heavy atom. The van der Waals surface area contributed by atoms with Gasteiger partial charge in [-0.05, 0) is 56.4 Å². The van der Waals surface area contributed by atoms with E-state index in [4.69, 9.17) is 0 Å². The van der Waals surface area contributed by atoms with Crippen molar-refractivity contribution in [3.8, 4) is 0 Å². The molecule has 0 aromatic heterocycles. The van der Waals surface area contributed by atoms with Crippen LogP contribution in [0.25, 0.3) is 0 Å². The number of carbonyl (C=O) groups is 2. The molecular weight excluding hydrogens is 441 g/mol. The van der Waals surface area contributed by atoms with Crippen LogP contribution in [0.15, 0.2) is 29.2 Å². The summed E-state index contributed by atoms with van der Waals surface area (Å²) in [6.45, 7) is 1.91. The maximum absolute atomic E-state index is 13.3. The Hall–Kier alpha value is -1.65. The lowest BCUT2D eigenvalue weighted by Gasteiger charge is -2.36. The number of carbonyl (C=O) groups excluding carboxylic acids is 2. The number of thioether (sulfide) groups is 1. The van der Waals surface area contributed by atoms with Crippen LogP contribution in [0.2, 0.25) is 0 Å². The zero-order valence-electron chi connectivity index (χ0n) is 17.4. The standard InChI is InChI=1S/C21H28FN3O4S2/c22-17-6-8-18(9-7-17)31(28,29)24-12-4-5-16(13-24)20(26)25-15-30-14-19(25)21(27)23-10-2-1-3-11-23/h6-9,16,19H,1-5,10-15H2. The van der Waals surface area contributed by atoms with Crippen LogP contribution in [-0.2, 0) is 19.6 Å². The summed E-state index contributed by atoms with van der Waals surface area (Å²) in [5.41, 5.74) is 0. The maximum Gasteiger partial charge on any atom is 0.246 e. The van der Waals surface area contributed by atoms with Gasteiger partial charge in [0.05, 0.1) is 16.7 Å². The van der Waals surface area contributed by atoms with Crippen molar-refractivity contribution in [1.82, 2.24) is 14.1 Å². The zero-order chi connectivity index (χ0) is 22.0. The van der Waals surface area contributed by atoms with E-state index in [1.165, 1.54) is 16.4 Å². The number of nitrogens with zero attached hydrogens (tertiary/aromatic N) is 3. The lowest BCUT2D eigenvalue weighted by Crippen LogP contribution is -2.53. The second-order valence-electron chi connectivity index (χ2n) is 8.37. The summed E-state index contributed by atoms with van der Waals surface area (Å²) in [4.78, 5) is 29.9. The molecule has 31 heavy (non-hydrogen) atoms. The predicted octanol–water partition coefficient (Wildman–Crippen LogP) is 2.14. The van der Waals surface area contributed by atoms with Gasteiger partial charge in [-0.15, -0.1) is 11.8 Å². The zero-order valence-corrected chi connectivity index (χ0v) is 19.0. The van der Waals surface area contributed by atoms with E-state index in [-0.39, 0.29) is 23.3 Å². The number of hydrogen-bond donors (Lipinski definition) is 0. The minimum Gasteiger partial charge on any atom is -0.341 e. The van der Waals surface area contributed by atoms with Gasteiger partial charge in [-0.25, -0.2) is 12.8 Å². The summed E-state index contributed by atoms with van der Waals surface area (Å²) in [6.07, 6.45) is 4.30. The van der Waals surface area contributed by atoms with E-state index in [9.17, 15) is 22.4 Å². The van der Waals surface area contributed by atoms with E-state index in [0.717, 1.165) is 44.5 Å². The molecule has 3 saturated heterocycles. The molecule has 10 heteroatoms. The largest absolute Gasteiger partial charge is 0.341 e. The van der Waals surface area contributed by atoms with E-state index in [0.29, 0.717) is 31.0 Å². The normalized spacial score (nSPS) is 25.6. The van der Waals surface area contributed by atoms with Gasteiger partial charge in [0.25, 0.3) is 0 Å². The number of halogens is 1. The SMILES string of the molecule is O=C(C1CSCN1C(=O)C1CCCN(S(=O)(=O)c2ccc(F)cc2)C1)N1CCCCC1. The topological polar surface area (TPSA) is 78.0 Å². The summed E-state index contributed by atoms with van der Waals surface area (Å²) in [7, 11) is -3.80. The first kappa shape index (κ1) is 22.5. The number of likely N-dealkylation sites (tertiary alicyclic amines) is 1. The van der Waals surface area contributed by atoms with Crippen molar-refractivity contribution < 1.29 is 22.4 Å². The van der Waals surface area contributed by atoms with Crippen molar-refractivity contribution in [2.45, 2.75) is 43.0 Å². The Bertz CT molecular complexity index is 919. The van der Waals surface area contributed by atoms with E-state index >= 15 is 0 Å². The molecule has 4 rings (SSSR count). The van der Waals surface area contributed by atoms with Crippen LogP contribution in [0.5, 0.6) is 0 Å². The molecule has 0 radical (unpaired) electrons. The van der Waals surface area contributed by atoms with Gasteiger partial charge in [0, 0.05) is 31.9 Å². The van der Waals surface area contributed by atoms with E-state index in [1.54, 1.807) is 16.7 Å². The van der Waals surface area contributed by atoms with Gasteiger partial charge in [0.1, 0.15) is 11.9 Å². The maximum atomic E-state index is 13.3. The number of hydrogen-bond acceptors (Lipinski definition) is 5. The Labute approximate surface area is 187 Å². The molecule has 0 spiro atoms. The number of piperidine rings is 2. The van der Waals surface area contributed by atoms with Gasteiger partial charge in [0.15, 0.2) is 0 Å². The molecule has 0 aliphatic carbocycles. The van der Waals surface area contributed by atoms with Crippen LogP contribution in [-0.4, -0.2) is 78.2 Å². The van der Waals surface area contributed by atoms with E-state index < -0.39 is 27.8 Å². The van der Waals surface area contributed by atoms with Gasteiger partial charge in [-0.3, -0.25) is 9.59 Å². The van der Waals surface area contributed by atoms with Gasteiger partial charge in [-0.2, -0.15) is 4.31 Å². The molecule has 0 saturated carbocycles. The van der Waals surface area contributed by atoms with Crippen LogP contribution in [0.4, 0.5) is 4.39 Å². The fourth-order valence-electron chi connectivity index (χ4n) is 4.54. The third kappa shape index (κ3) is 4.75. The summed E-state index contributed by atoms with van der Waals surface area (Å²) in [5, 5.41) is 0. The molecule has 3 fully saturated rings. The minimum absolute atomic E-state index is 0.0182. The van der Waals surface area contributed by atoms with Crippen molar-refractivity contribution in [3.63, 3.8) is 0 Å². The van der Waals surface area contributed by atoms with Gasteiger partial charge < -0.3 is 9.80 Å². The molecule has 0 bridgehead atoms. The van der Waals surface area contributed by atoms with Crippen molar-refractivity contribution in [1.29, 1.82) is 0 Å². The minimum atomic E-state index is -3.80. The van der Waals surface area contributed by atoms with Crippen LogP contribution >= 0.6 is 11.8 Å². The van der Waals surface area contributed by atoms with Gasteiger partial charge in [-0.1, -0.05) is 0 Å². The highest BCUT2D eigenvalue weighted by Crippen LogP contribution is 2.30. The second kappa shape index (κ2) is 9.46. The Kier molecular flexibility index (Phi) is 6.88. The number of rotatable bonds is 4. The lowest BCUT2D eigenvalue weighted by atomic mass is 9.97. The van der Waals surface area contributed by atoms with Crippen molar-refractivity contribution in [2.75, 3.05) is 37.8 Å². The first-order chi connectivity index (χ1) is 14.9. The first-order valence-electron chi connectivity index (χ1n) is 10.8. The van der Waals surface area contributed by atoms with E-state index in [1.807, 2.05) is 4.90 Å². The number of sulfonamides is 1. The molecule has 3 aliphatic heterocycles. The highest BCUT2D eigenvalue weighted by molar-refractivity contribution is 7.99. The quantitative estimate of drug-likeness (QED) is 0.675. The summed E-state index contributed by atoms with van der Waals surface area (Å²) >= 11 is 1.57. The van der Waals surface area contributed by atoms with Gasteiger partial charge >= 0.3 is 0 Å². The van der Waals surface area contributed by atoms with Crippen LogP contribution < -0.4 is 0 Å². The molecule has 2 atom stereocenters. The molecule has 1 aromatic rings. The van der Waals surface area contributed by atoms with Crippen molar-refractivity contribution >= 4 is 33.6 Å². The fraction of sp³-hybridized carbons (Fsp3) is 0.619. The average molecular weight is 470 g/mol. The second-order valence-corrected chi connectivity index (χ2v) is 11.3. The Morgan fingerprint density at radius 3 is 2.39 bits per heavy atom. The van der Waals surface area contributed by atoms with Crippen molar-refractivity contribution in [3.05, 3.63) is 30.1 Å². The monoisotopic (exact) mass is 469 g/mol. The molecule has 3 aliphatic rings. The Morgan fingerprint density at radius 1 is 0.968 bits per heavy atom. The highest BCUT2D eigenvalue weighted by Gasteiger charge is 2.42. The lowest BCUT2D eigenvalue weighted by molar-refractivity contribution is -0.146. The third-order valence-electron chi connectivity index (χ3n) is 6.30. The molecule has 7 nitrogen and oxygen atoms in total. The average Bonchev–Trinajstić information content (AvgIpc) is 3.29. The first-order valence-corrected chi connectivity index (χ1v) is 13.4. The smallest absolute Gasteiger partial charge is 0.246 e. The molecule has 2 unspecified atom stereocenters. The molecule has 170 valence electrons. The van der Waals surface area contributed by atoms with Crippen LogP contribution in [0.1, 0.15) is 32.1 Å². The predicted molar refractivity (Wildman–Crippen MR) is 116 cm³/mol. The van der Waals surface area contributed by atoms with Crippen LogP contribution in [0, 0.1) is 11.7 Å². The van der Waals surface area contributed by atoms with E-state index in [2.05, 4.69) is 0 Å². The van der Waals surface area contributed by atoms with Crippen molar-refractivity contribution in [2.24, 2.45) is 5.92 Å². The fourth-order valence-corrected chi connectivity index (χ4v) is 7.22. The Balaban J connectivity index is 1.45. The number of benzene rings is 1. The summed E-state index contributed by atoms with van der Waals surface area (Å²) in [5.74, 6) is -0.0414. The molecule has 1 aromatic carbocycles. The number of amides is 2. The molecule has 3 heterocycles. The van der Waals surface area contributed by atoms with Crippen LogP contribution in [0.3, 0.4) is 0 Å². The molecular formula is C21H28FN3O4S2. The molecule has 0 N–H and O–H groups in total. The summed E-state index contributed by atoms with van der Waals surface area (Å²) in [6, 6.07) is 4.29. The molecule has 2 amide bonds. The summed E-state index contributed by atoms with van der Waals surface area (Å²) < 4.78 is 40.5. The third-order valence-corrected chi connectivity index (χ3v) is 9.19. The van der Waals surface area contributed by atoms with Gasteiger partial charge in [0.2, 0.25) is 21.8 Å². The highest BCUT2D eigenvalue weighted by atomic mass is 32.2.